The molecule has 0 unspecified atom stereocenters. The molecule has 18 heavy (non-hydrogen) atoms. The lowest BCUT2D eigenvalue weighted by molar-refractivity contribution is -0.136. The Hall–Kier alpha value is -2.43. The first kappa shape index (κ1) is 12.0. The van der Waals surface area contributed by atoms with Crippen molar-refractivity contribution in [3.8, 4) is 0 Å². The van der Waals surface area contributed by atoms with Gasteiger partial charge in [-0.3, -0.25) is 9.78 Å². The van der Waals surface area contributed by atoms with Crippen LogP contribution in [-0.4, -0.2) is 21.0 Å². The molecule has 2 aromatic rings. The number of hydrogen-bond donors (Lipinski definition) is 2. The Balaban J connectivity index is 2.07. The van der Waals surface area contributed by atoms with Crippen molar-refractivity contribution in [2.24, 2.45) is 0 Å². The number of carboxylic acids is 1. The summed E-state index contributed by atoms with van der Waals surface area (Å²) in [7, 11) is 0. The molecule has 1 aromatic carbocycles. The van der Waals surface area contributed by atoms with Crippen LogP contribution in [0.15, 0.2) is 42.9 Å². The fraction of sp³-hybridized carbons (Fsp3) is 0.154. The Morgan fingerprint density at radius 2 is 2.00 bits per heavy atom. The summed E-state index contributed by atoms with van der Waals surface area (Å²) < 4.78 is 0. The molecule has 2 N–H and O–H groups in total. The number of nitrogens with one attached hydrogen (secondary N) is 1. The predicted octanol–water partition coefficient (Wildman–Crippen LogP) is 1.72. The lowest BCUT2D eigenvalue weighted by Crippen LogP contribution is -2.07. The highest BCUT2D eigenvalue weighted by Crippen LogP contribution is 2.11. The van der Waals surface area contributed by atoms with Gasteiger partial charge < -0.3 is 10.4 Å². The molecule has 0 bridgehead atoms. The van der Waals surface area contributed by atoms with Crippen LogP contribution < -0.4 is 5.32 Å². The highest BCUT2D eigenvalue weighted by atomic mass is 16.4. The second kappa shape index (κ2) is 5.77. The minimum Gasteiger partial charge on any atom is -0.481 e. The second-order valence-corrected chi connectivity index (χ2v) is 3.78. The fourth-order valence-electron chi connectivity index (χ4n) is 1.64. The van der Waals surface area contributed by atoms with Crippen molar-refractivity contribution in [1.29, 1.82) is 0 Å². The Morgan fingerprint density at radius 3 is 2.67 bits per heavy atom. The molecular weight excluding hydrogens is 230 g/mol. The van der Waals surface area contributed by atoms with E-state index in [2.05, 4.69) is 15.3 Å². The molecule has 0 atom stereocenters. The molecule has 2 rings (SSSR count). The minimum atomic E-state index is -0.832. The molecule has 0 aliphatic rings. The topological polar surface area (TPSA) is 75.1 Å². The number of aliphatic carboxylic acids is 1. The molecule has 0 fully saturated rings. The first-order valence-corrected chi connectivity index (χ1v) is 5.54. The summed E-state index contributed by atoms with van der Waals surface area (Å²) >= 11 is 0. The Kier molecular flexibility index (Phi) is 3.86. The minimum absolute atomic E-state index is 0.0261. The molecule has 5 heteroatoms. The van der Waals surface area contributed by atoms with Crippen LogP contribution >= 0.6 is 0 Å². The van der Waals surface area contributed by atoms with Gasteiger partial charge in [0.25, 0.3) is 0 Å². The first-order valence-electron chi connectivity index (χ1n) is 5.54. The van der Waals surface area contributed by atoms with Gasteiger partial charge in [-0.2, -0.15) is 0 Å². The average molecular weight is 243 g/mol. The third-order valence-electron chi connectivity index (χ3n) is 2.48. The number of nitrogens with zero attached hydrogens (tertiary/aromatic N) is 2. The van der Waals surface area contributed by atoms with Crippen LogP contribution in [0, 0.1) is 0 Å². The summed E-state index contributed by atoms with van der Waals surface area (Å²) in [5.41, 5.74) is 1.76. The second-order valence-electron chi connectivity index (χ2n) is 3.78. The van der Waals surface area contributed by atoms with E-state index in [4.69, 9.17) is 5.11 Å². The van der Waals surface area contributed by atoms with Crippen molar-refractivity contribution in [1.82, 2.24) is 9.97 Å². The normalized spacial score (nSPS) is 10.0. The van der Waals surface area contributed by atoms with Gasteiger partial charge in [-0.15, -0.1) is 0 Å². The zero-order chi connectivity index (χ0) is 12.8. The molecule has 0 amide bonds. The van der Waals surface area contributed by atoms with E-state index in [0.717, 1.165) is 11.1 Å². The van der Waals surface area contributed by atoms with Crippen LogP contribution in [0.2, 0.25) is 0 Å². The zero-order valence-corrected chi connectivity index (χ0v) is 9.71. The Morgan fingerprint density at radius 1 is 1.22 bits per heavy atom. The maximum absolute atomic E-state index is 10.8. The molecule has 0 saturated heterocycles. The lowest BCUT2D eigenvalue weighted by atomic mass is 10.0. The van der Waals surface area contributed by atoms with E-state index in [9.17, 15) is 4.79 Å². The van der Waals surface area contributed by atoms with Crippen molar-refractivity contribution in [3.63, 3.8) is 0 Å². The lowest BCUT2D eigenvalue weighted by Gasteiger charge is -2.09. The summed E-state index contributed by atoms with van der Waals surface area (Å²) in [6, 6.07) is 7.45. The summed E-state index contributed by atoms with van der Waals surface area (Å²) in [5.74, 6) is -0.162. The summed E-state index contributed by atoms with van der Waals surface area (Å²) in [5, 5.41) is 11.9. The van der Waals surface area contributed by atoms with Crippen LogP contribution in [0.5, 0.6) is 0 Å². The van der Waals surface area contributed by atoms with Gasteiger partial charge >= 0.3 is 5.97 Å². The summed E-state index contributed by atoms with van der Waals surface area (Å²) in [4.78, 5) is 18.8. The molecule has 0 aliphatic heterocycles. The average Bonchev–Trinajstić information content (AvgIpc) is 2.38. The van der Waals surface area contributed by atoms with E-state index in [-0.39, 0.29) is 6.42 Å². The molecule has 1 aromatic heterocycles. The van der Waals surface area contributed by atoms with E-state index >= 15 is 0 Å². The number of rotatable bonds is 5. The third-order valence-corrected chi connectivity index (χ3v) is 2.48. The van der Waals surface area contributed by atoms with Crippen molar-refractivity contribution >= 4 is 11.8 Å². The van der Waals surface area contributed by atoms with Gasteiger partial charge in [0.1, 0.15) is 5.82 Å². The number of anilines is 1. The Bertz CT molecular complexity index is 529. The van der Waals surface area contributed by atoms with Gasteiger partial charge in [0.15, 0.2) is 0 Å². The van der Waals surface area contributed by atoms with Crippen LogP contribution in [0.4, 0.5) is 5.82 Å². The van der Waals surface area contributed by atoms with E-state index in [1.54, 1.807) is 18.6 Å². The standard InChI is InChI=1S/C13H13N3O2/c17-13(18)7-10-3-1-2-4-11(10)8-16-12-9-14-5-6-15-12/h1-6,9H,7-8H2,(H,15,16)(H,17,18). The van der Waals surface area contributed by atoms with Crippen molar-refractivity contribution in [2.75, 3.05) is 5.32 Å². The van der Waals surface area contributed by atoms with Crippen LogP contribution in [0.1, 0.15) is 11.1 Å². The summed E-state index contributed by atoms with van der Waals surface area (Å²) in [6.45, 7) is 0.530. The first-order chi connectivity index (χ1) is 8.75. The number of aromatic nitrogens is 2. The van der Waals surface area contributed by atoms with E-state index in [1.807, 2.05) is 24.3 Å². The number of carboxylic acid groups (broad SMARTS) is 1. The smallest absolute Gasteiger partial charge is 0.307 e. The van der Waals surface area contributed by atoms with Crippen LogP contribution in [-0.2, 0) is 17.8 Å². The van der Waals surface area contributed by atoms with E-state index < -0.39 is 5.97 Å². The predicted molar refractivity (Wildman–Crippen MR) is 67.1 cm³/mol. The highest BCUT2D eigenvalue weighted by molar-refractivity contribution is 5.70. The maximum Gasteiger partial charge on any atom is 0.307 e. The molecule has 0 aliphatic carbocycles. The van der Waals surface area contributed by atoms with Gasteiger partial charge in [-0.1, -0.05) is 24.3 Å². The highest BCUT2D eigenvalue weighted by Gasteiger charge is 2.06. The van der Waals surface area contributed by atoms with E-state index in [0.29, 0.717) is 12.4 Å². The van der Waals surface area contributed by atoms with Crippen molar-refractivity contribution in [3.05, 3.63) is 54.0 Å². The van der Waals surface area contributed by atoms with Gasteiger partial charge in [-0.25, -0.2) is 4.98 Å². The van der Waals surface area contributed by atoms with Crippen LogP contribution in [0.3, 0.4) is 0 Å². The monoisotopic (exact) mass is 243 g/mol. The molecule has 1 heterocycles. The van der Waals surface area contributed by atoms with Gasteiger partial charge in [0.05, 0.1) is 12.6 Å². The number of benzene rings is 1. The quantitative estimate of drug-likeness (QED) is 0.836. The fourth-order valence-corrected chi connectivity index (χ4v) is 1.64. The molecule has 0 radical (unpaired) electrons. The number of hydrogen-bond acceptors (Lipinski definition) is 4. The van der Waals surface area contributed by atoms with Gasteiger partial charge in [0, 0.05) is 18.9 Å². The Labute approximate surface area is 105 Å². The van der Waals surface area contributed by atoms with Crippen LogP contribution in [0.25, 0.3) is 0 Å². The molecule has 92 valence electrons. The maximum atomic E-state index is 10.8. The van der Waals surface area contributed by atoms with Gasteiger partial charge in [0.2, 0.25) is 0 Å². The number of carbonyl (C=O) groups is 1. The SMILES string of the molecule is O=C(O)Cc1ccccc1CNc1cnccn1. The molecule has 0 spiro atoms. The molecular formula is C13H13N3O2. The third kappa shape index (κ3) is 3.28. The zero-order valence-electron chi connectivity index (χ0n) is 9.71. The van der Waals surface area contributed by atoms with Crippen molar-refractivity contribution in [2.45, 2.75) is 13.0 Å². The van der Waals surface area contributed by atoms with Crippen molar-refractivity contribution < 1.29 is 9.90 Å². The van der Waals surface area contributed by atoms with E-state index in [1.165, 1.54) is 0 Å². The largest absolute Gasteiger partial charge is 0.481 e. The molecule has 5 nitrogen and oxygen atoms in total. The van der Waals surface area contributed by atoms with Gasteiger partial charge in [-0.05, 0) is 11.1 Å². The molecule has 0 saturated carbocycles. The summed E-state index contributed by atoms with van der Waals surface area (Å²) in [6.07, 6.45) is 4.85.